The minimum Gasteiger partial charge on any atom is -0.493 e. The monoisotopic (exact) mass is 508 g/mol. The van der Waals surface area contributed by atoms with Gasteiger partial charge in [0.2, 0.25) is 5.95 Å². The molecule has 3 unspecified atom stereocenters. The van der Waals surface area contributed by atoms with Gasteiger partial charge in [-0.3, -0.25) is 4.79 Å². The first-order valence-corrected chi connectivity index (χ1v) is 12.6. The van der Waals surface area contributed by atoms with Crippen molar-refractivity contribution >= 4 is 17.4 Å². The molecule has 3 aromatic carbocycles. The van der Waals surface area contributed by atoms with Gasteiger partial charge in [0.15, 0.2) is 11.5 Å². The van der Waals surface area contributed by atoms with Gasteiger partial charge in [-0.1, -0.05) is 48.5 Å². The van der Waals surface area contributed by atoms with Crippen LogP contribution in [0.2, 0.25) is 0 Å². The Balaban J connectivity index is 1.26. The maximum Gasteiger partial charge on any atom is 0.248 e. The van der Waals surface area contributed by atoms with Crippen LogP contribution < -0.4 is 14.2 Å². The van der Waals surface area contributed by atoms with E-state index in [0.29, 0.717) is 36.9 Å². The molecule has 1 aliphatic carbocycles. The van der Waals surface area contributed by atoms with Gasteiger partial charge in [0.05, 0.1) is 26.2 Å². The van der Waals surface area contributed by atoms with Gasteiger partial charge < -0.3 is 14.2 Å². The Hall–Kier alpha value is -4.46. The van der Waals surface area contributed by atoms with E-state index in [0.717, 1.165) is 28.2 Å². The first-order chi connectivity index (χ1) is 18.6. The highest BCUT2D eigenvalue weighted by Gasteiger charge is 2.44. The van der Waals surface area contributed by atoms with Crippen molar-refractivity contribution < 1.29 is 19.0 Å². The van der Waals surface area contributed by atoms with Gasteiger partial charge in [-0.2, -0.15) is 10.1 Å². The topological polar surface area (TPSA) is 87.8 Å². The third-order valence-electron chi connectivity index (χ3n) is 7.33. The fourth-order valence-corrected chi connectivity index (χ4v) is 5.45. The molecule has 8 heteroatoms. The molecule has 1 aromatic heterocycles. The van der Waals surface area contributed by atoms with E-state index in [-0.39, 0.29) is 17.7 Å². The lowest BCUT2D eigenvalue weighted by atomic mass is 9.72. The average molecular weight is 509 g/mol. The van der Waals surface area contributed by atoms with Crippen LogP contribution in [0.25, 0.3) is 0 Å². The Kier molecular flexibility index (Phi) is 6.37. The fraction of sp³-hybridized carbons (Fsp3) is 0.267. The molecular formula is C30H28N4O4. The molecule has 38 heavy (non-hydrogen) atoms. The first-order valence-electron chi connectivity index (χ1n) is 12.6. The molecule has 0 radical (unpaired) electrons. The Morgan fingerprint density at radius 3 is 2.42 bits per heavy atom. The number of hydrogen-bond acceptors (Lipinski definition) is 7. The predicted octanol–water partition coefficient (Wildman–Crippen LogP) is 5.31. The summed E-state index contributed by atoms with van der Waals surface area (Å²) in [6.07, 6.45) is 2.57. The molecule has 4 aromatic rings. The minimum atomic E-state index is -0.392. The zero-order chi connectivity index (χ0) is 26.1. The number of methoxy groups -OCH3 is 2. The van der Waals surface area contributed by atoms with E-state index >= 15 is 0 Å². The van der Waals surface area contributed by atoms with Crippen molar-refractivity contribution in [3.63, 3.8) is 0 Å². The van der Waals surface area contributed by atoms with Gasteiger partial charge in [0.25, 0.3) is 0 Å². The SMILES string of the molecule is COc1ccc(C2CC(=O)C3C(=Nc4ncnn4C3c3ccc(OCc4ccccc4)cc3)C2)cc1OC. The summed E-state index contributed by atoms with van der Waals surface area (Å²) in [5.41, 5.74) is 3.95. The highest BCUT2D eigenvalue weighted by atomic mass is 16.5. The molecule has 2 aliphatic rings. The van der Waals surface area contributed by atoms with Crippen molar-refractivity contribution in [2.75, 3.05) is 14.2 Å². The number of aromatic nitrogens is 3. The molecule has 2 heterocycles. The molecule has 0 bridgehead atoms. The average Bonchev–Trinajstić information content (AvgIpc) is 3.43. The van der Waals surface area contributed by atoms with Gasteiger partial charge in [0.1, 0.15) is 24.5 Å². The Morgan fingerprint density at radius 2 is 1.66 bits per heavy atom. The van der Waals surface area contributed by atoms with Crippen molar-refractivity contribution in [3.05, 3.63) is 95.8 Å². The summed E-state index contributed by atoms with van der Waals surface area (Å²) >= 11 is 0. The van der Waals surface area contributed by atoms with E-state index in [1.54, 1.807) is 18.9 Å². The summed E-state index contributed by atoms with van der Waals surface area (Å²) in [5, 5.41) is 4.44. The fourth-order valence-electron chi connectivity index (χ4n) is 5.45. The highest BCUT2D eigenvalue weighted by molar-refractivity contribution is 6.10. The van der Waals surface area contributed by atoms with Crippen molar-refractivity contribution in [3.8, 4) is 17.2 Å². The van der Waals surface area contributed by atoms with Crippen LogP contribution in [0.4, 0.5) is 5.95 Å². The number of aliphatic imine (C=N–C) groups is 1. The standard InChI is InChI=1S/C30H28N4O4/c1-36-26-13-10-21(16-27(26)37-2)22-14-24-28(25(35)15-22)29(34-30(33-24)31-18-32-34)20-8-11-23(12-9-20)38-17-19-6-4-3-5-7-19/h3-13,16,18,22,28-29H,14-15,17H2,1-2H3. The Bertz CT molecular complexity index is 1480. The lowest BCUT2D eigenvalue weighted by molar-refractivity contribution is -0.122. The zero-order valence-corrected chi connectivity index (χ0v) is 21.3. The van der Waals surface area contributed by atoms with Crippen molar-refractivity contribution in [2.24, 2.45) is 10.9 Å². The van der Waals surface area contributed by atoms with Crippen LogP contribution in [0.1, 0.15) is 41.5 Å². The molecule has 0 N–H and O–H groups in total. The van der Waals surface area contributed by atoms with E-state index in [9.17, 15) is 4.79 Å². The zero-order valence-electron chi connectivity index (χ0n) is 21.3. The summed E-state index contributed by atoms with van der Waals surface area (Å²) in [7, 11) is 3.23. The maximum atomic E-state index is 13.7. The number of benzene rings is 3. The normalized spacial score (nSPS) is 20.2. The van der Waals surface area contributed by atoms with E-state index in [2.05, 4.69) is 10.1 Å². The number of ketones is 1. The van der Waals surface area contributed by atoms with Crippen LogP contribution in [0.15, 0.2) is 84.1 Å². The summed E-state index contributed by atoms with van der Waals surface area (Å²) in [4.78, 5) is 22.9. The number of rotatable bonds is 7. The summed E-state index contributed by atoms with van der Waals surface area (Å²) in [5.74, 6) is 2.35. The molecule has 192 valence electrons. The highest BCUT2D eigenvalue weighted by Crippen LogP contribution is 2.44. The van der Waals surface area contributed by atoms with Crippen molar-refractivity contribution in [2.45, 2.75) is 31.4 Å². The lowest BCUT2D eigenvalue weighted by Crippen LogP contribution is -2.41. The molecular weight excluding hydrogens is 480 g/mol. The van der Waals surface area contributed by atoms with Crippen molar-refractivity contribution in [1.82, 2.24) is 14.8 Å². The number of nitrogens with zero attached hydrogens (tertiary/aromatic N) is 4. The number of fused-ring (bicyclic) bond motifs is 2. The van der Waals surface area contributed by atoms with Gasteiger partial charge in [-0.05, 0) is 53.3 Å². The summed E-state index contributed by atoms with van der Waals surface area (Å²) in [6, 6.07) is 23.5. The van der Waals surface area contributed by atoms with E-state index < -0.39 is 5.92 Å². The second kappa shape index (κ2) is 10.1. The van der Waals surface area contributed by atoms with Gasteiger partial charge >= 0.3 is 0 Å². The summed E-state index contributed by atoms with van der Waals surface area (Å²) < 4.78 is 18.6. The Morgan fingerprint density at radius 1 is 0.895 bits per heavy atom. The number of Topliss-reactive ketones (excluding diaryl/α,β-unsaturated/α-hetero) is 1. The van der Waals surface area contributed by atoms with Crippen LogP contribution in [0, 0.1) is 5.92 Å². The van der Waals surface area contributed by atoms with Gasteiger partial charge in [-0.15, -0.1) is 0 Å². The van der Waals surface area contributed by atoms with E-state index in [1.807, 2.05) is 72.8 Å². The Labute approximate surface area is 220 Å². The molecule has 0 spiro atoms. The lowest BCUT2D eigenvalue weighted by Gasteiger charge is -2.37. The van der Waals surface area contributed by atoms with Crippen LogP contribution in [-0.2, 0) is 11.4 Å². The summed E-state index contributed by atoms with van der Waals surface area (Å²) in [6.45, 7) is 0.492. The van der Waals surface area contributed by atoms with Gasteiger partial charge in [0, 0.05) is 12.1 Å². The molecule has 1 fully saturated rings. The molecule has 3 atom stereocenters. The van der Waals surface area contributed by atoms with Crippen LogP contribution >= 0.6 is 0 Å². The van der Waals surface area contributed by atoms with E-state index in [1.165, 1.54) is 6.33 Å². The van der Waals surface area contributed by atoms with Crippen LogP contribution in [-0.4, -0.2) is 40.5 Å². The van der Waals surface area contributed by atoms with Gasteiger partial charge in [-0.25, -0.2) is 9.67 Å². The third kappa shape index (κ3) is 4.42. The first kappa shape index (κ1) is 23.9. The molecule has 8 nitrogen and oxygen atoms in total. The van der Waals surface area contributed by atoms with Crippen LogP contribution in [0.3, 0.4) is 0 Å². The van der Waals surface area contributed by atoms with E-state index in [4.69, 9.17) is 19.2 Å². The quantitative estimate of drug-likeness (QED) is 0.336. The molecule has 1 saturated carbocycles. The number of carbonyl (C=O) groups excluding carboxylic acids is 1. The molecule has 1 aliphatic heterocycles. The second-order valence-corrected chi connectivity index (χ2v) is 9.56. The predicted molar refractivity (Wildman–Crippen MR) is 142 cm³/mol. The molecule has 0 saturated heterocycles. The molecule has 0 amide bonds. The minimum absolute atomic E-state index is 0.00110. The number of carbonyl (C=O) groups is 1. The second-order valence-electron chi connectivity index (χ2n) is 9.56. The van der Waals surface area contributed by atoms with Crippen LogP contribution in [0.5, 0.6) is 17.2 Å². The molecule has 6 rings (SSSR count). The smallest absolute Gasteiger partial charge is 0.248 e. The number of hydrogen-bond donors (Lipinski definition) is 0. The van der Waals surface area contributed by atoms with Crippen molar-refractivity contribution in [1.29, 1.82) is 0 Å². The maximum absolute atomic E-state index is 13.7. The third-order valence-corrected chi connectivity index (χ3v) is 7.33. The number of ether oxygens (including phenoxy) is 3. The largest absolute Gasteiger partial charge is 0.493 e.